The van der Waals surface area contributed by atoms with E-state index in [1.807, 2.05) is 0 Å². The van der Waals surface area contributed by atoms with Crippen molar-refractivity contribution in [2.24, 2.45) is 5.14 Å². The molecule has 19 heavy (non-hydrogen) atoms. The van der Waals surface area contributed by atoms with Gasteiger partial charge in [0.15, 0.2) is 0 Å². The Morgan fingerprint density at radius 2 is 1.37 bits per heavy atom. The van der Waals surface area contributed by atoms with Gasteiger partial charge in [0.05, 0.1) is 16.0 Å². The quantitative estimate of drug-likeness (QED) is 0.563. The summed E-state index contributed by atoms with van der Waals surface area (Å²) in [6.45, 7) is 0. The normalized spacial score (nSPS) is 13.7. The molecular weight excluding hydrogens is 415 g/mol. The molecule has 0 radical (unpaired) electrons. The van der Waals surface area contributed by atoms with Gasteiger partial charge in [0.25, 0.3) is 0 Å². The topological polar surface area (TPSA) is 60.2 Å². The molecule has 108 valence electrons. The van der Waals surface area contributed by atoms with E-state index in [0.29, 0.717) is 12.1 Å². The lowest BCUT2D eigenvalue weighted by Gasteiger charge is -2.19. The highest BCUT2D eigenvalue weighted by Crippen LogP contribution is 2.45. The third kappa shape index (κ3) is 3.51. The highest BCUT2D eigenvalue weighted by atomic mass is 127. The first kappa shape index (κ1) is 16.5. The standard InChI is InChI=1S/C8H4F6INO2S/c9-7(10,11)5-3(15)1-2-4(19(16,17)18)6(5)8(12,13)14/h1-2H,(H2,16,17,18). The van der Waals surface area contributed by atoms with Crippen molar-refractivity contribution >= 4 is 32.6 Å². The fraction of sp³-hybridized carbons (Fsp3) is 0.250. The van der Waals surface area contributed by atoms with Gasteiger partial charge in [0.1, 0.15) is 0 Å². The van der Waals surface area contributed by atoms with Crippen molar-refractivity contribution in [3.63, 3.8) is 0 Å². The Hall–Kier alpha value is -0.560. The summed E-state index contributed by atoms with van der Waals surface area (Å²) in [4.78, 5) is -1.60. The molecule has 1 aromatic rings. The van der Waals surface area contributed by atoms with Gasteiger partial charge < -0.3 is 0 Å². The van der Waals surface area contributed by atoms with Crippen LogP contribution in [0.25, 0.3) is 0 Å². The Morgan fingerprint density at radius 1 is 0.947 bits per heavy atom. The molecule has 0 aromatic heterocycles. The van der Waals surface area contributed by atoms with Gasteiger partial charge in [-0.3, -0.25) is 0 Å². The Morgan fingerprint density at radius 3 is 1.68 bits per heavy atom. The number of primary sulfonamides is 1. The van der Waals surface area contributed by atoms with E-state index in [0.717, 1.165) is 22.6 Å². The minimum Gasteiger partial charge on any atom is -0.225 e. The fourth-order valence-electron chi connectivity index (χ4n) is 1.35. The van der Waals surface area contributed by atoms with Crippen LogP contribution in [0.15, 0.2) is 17.0 Å². The monoisotopic (exact) mass is 419 g/mol. The van der Waals surface area contributed by atoms with Crippen LogP contribution in [0.4, 0.5) is 26.3 Å². The van der Waals surface area contributed by atoms with Crippen LogP contribution < -0.4 is 5.14 Å². The summed E-state index contributed by atoms with van der Waals surface area (Å²) in [6, 6.07) is 1.01. The number of benzene rings is 1. The summed E-state index contributed by atoms with van der Waals surface area (Å²) < 4.78 is 97.4. The molecule has 0 aliphatic heterocycles. The van der Waals surface area contributed by atoms with E-state index in [2.05, 4.69) is 5.14 Å². The maximum atomic E-state index is 12.7. The molecule has 0 saturated carbocycles. The van der Waals surface area contributed by atoms with Gasteiger partial charge in [-0.05, 0) is 34.7 Å². The average molecular weight is 419 g/mol. The van der Waals surface area contributed by atoms with E-state index in [-0.39, 0.29) is 0 Å². The first-order valence-electron chi connectivity index (χ1n) is 4.26. The summed E-state index contributed by atoms with van der Waals surface area (Å²) in [5.41, 5.74) is -4.36. The zero-order valence-electron chi connectivity index (χ0n) is 8.60. The summed E-state index contributed by atoms with van der Waals surface area (Å²) in [5, 5.41) is 4.52. The Labute approximate surface area is 117 Å². The molecule has 2 N–H and O–H groups in total. The fourth-order valence-corrected chi connectivity index (χ4v) is 2.87. The van der Waals surface area contributed by atoms with Gasteiger partial charge in [-0.25, -0.2) is 13.6 Å². The summed E-state index contributed by atoms with van der Waals surface area (Å²) in [6.07, 6.45) is -10.9. The van der Waals surface area contributed by atoms with E-state index in [1.54, 1.807) is 0 Å². The van der Waals surface area contributed by atoms with Crippen molar-refractivity contribution < 1.29 is 34.8 Å². The molecular formula is C8H4F6INO2S. The molecule has 0 atom stereocenters. The van der Waals surface area contributed by atoms with Crippen molar-refractivity contribution in [2.75, 3.05) is 0 Å². The van der Waals surface area contributed by atoms with Crippen LogP contribution in [0.5, 0.6) is 0 Å². The molecule has 0 aliphatic rings. The van der Waals surface area contributed by atoms with Crippen LogP contribution in [-0.4, -0.2) is 8.42 Å². The SMILES string of the molecule is NS(=O)(=O)c1ccc(I)c(C(F)(F)F)c1C(F)(F)F. The van der Waals surface area contributed by atoms with Crippen LogP contribution >= 0.6 is 22.6 Å². The van der Waals surface area contributed by atoms with Crippen molar-refractivity contribution in [3.05, 3.63) is 26.8 Å². The number of hydrogen-bond acceptors (Lipinski definition) is 2. The molecule has 0 heterocycles. The highest BCUT2D eigenvalue weighted by Gasteiger charge is 2.47. The van der Waals surface area contributed by atoms with Gasteiger partial charge in [0.2, 0.25) is 10.0 Å². The van der Waals surface area contributed by atoms with Crippen molar-refractivity contribution in [2.45, 2.75) is 17.2 Å². The molecule has 0 aliphatic carbocycles. The second kappa shape index (κ2) is 4.77. The Balaban J connectivity index is 3.93. The number of alkyl halides is 6. The molecule has 0 amide bonds. The maximum Gasteiger partial charge on any atom is 0.418 e. The van der Waals surface area contributed by atoms with Crippen LogP contribution in [0.2, 0.25) is 0 Å². The predicted molar refractivity (Wildman–Crippen MR) is 60.5 cm³/mol. The number of nitrogens with two attached hydrogens (primary N) is 1. The number of halogens is 7. The number of hydrogen-bond donors (Lipinski definition) is 1. The van der Waals surface area contributed by atoms with Crippen molar-refractivity contribution in [3.8, 4) is 0 Å². The van der Waals surface area contributed by atoms with E-state index in [4.69, 9.17) is 0 Å². The van der Waals surface area contributed by atoms with Crippen LogP contribution in [0.3, 0.4) is 0 Å². The zero-order valence-corrected chi connectivity index (χ0v) is 11.6. The zero-order chi connectivity index (χ0) is 15.2. The molecule has 3 nitrogen and oxygen atoms in total. The van der Waals surface area contributed by atoms with Crippen LogP contribution in [0.1, 0.15) is 11.1 Å². The van der Waals surface area contributed by atoms with E-state index >= 15 is 0 Å². The number of sulfonamides is 1. The highest BCUT2D eigenvalue weighted by molar-refractivity contribution is 14.1. The smallest absolute Gasteiger partial charge is 0.225 e. The second-order valence-electron chi connectivity index (χ2n) is 3.34. The minimum atomic E-state index is -5.51. The number of rotatable bonds is 1. The van der Waals surface area contributed by atoms with Gasteiger partial charge in [-0.2, -0.15) is 26.3 Å². The molecule has 0 bridgehead atoms. The summed E-state index contributed by atoms with van der Waals surface area (Å²) in [7, 11) is -4.94. The summed E-state index contributed by atoms with van der Waals surface area (Å²) >= 11 is 1.04. The Kier molecular flexibility index (Phi) is 4.14. The second-order valence-corrected chi connectivity index (χ2v) is 6.03. The Bertz CT molecular complexity index is 607. The van der Waals surface area contributed by atoms with Gasteiger partial charge in [0, 0.05) is 3.57 Å². The third-order valence-electron chi connectivity index (χ3n) is 1.99. The van der Waals surface area contributed by atoms with Crippen molar-refractivity contribution in [1.29, 1.82) is 0 Å². The molecule has 0 fully saturated rings. The van der Waals surface area contributed by atoms with Gasteiger partial charge in [-0.15, -0.1) is 0 Å². The first-order chi connectivity index (χ1) is 8.26. The lowest BCUT2D eigenvalue weighted by atomic mass is 10.1. The molecule has 1 aromatic carbocycles. The van der Waals surface area contributed by atoms with Crippen LogP contribution in [-0.2, 0) is 22.4 Å². The average Bonchev–Trinajstić information content (AvgIpc) is 2.11. The first-order valence-corrected chi connectivity index (χ1v) is 6.88. The largest absolute Gasteiger partial charge is 0.418 e. The predicted octanol–water partition coefficient (Wildman–Crippen LogP) is 2.98. The van der Waals surface area contributed by atoms with E-state index in [1.165, 1.54) is 0 Å². The summed E-state index contributed by atoms with van der Waals surface area (Å²) in [5.74, 6) is 0. The molecule has 0 unspecified atom stereocenters. The molecule has 0 saturated heterocycles. The lowest BCUT2D eigenvalue weighted by Crippen LogP contribution is -2.24. The lowest BCUT2D eigenvalue weighted by molar-refractivity contribution is -0.164. The van der Waals surface area contributed by atoms with E-state index in [9.17, 15) is 34.8 Å². The molecule has 0 spiro atoms. The van der Waals surface area contributed by atoms with E-state index < -0.39 is 42.0 Å². The molecule has 1 rings (SSSR count). The van der Waals surface area contributed by atoms with Gasteiger partial charge >= 0.3 is 12.4 Å². The maximum absolute atomic E-state index is 12.7. The van der Waals surface area contributed by atoms with Crippen LogP contribution in [0, 0.1) is 3.57 Å². The molecule has 11 heteroatoms. The van der Waals surface area contributed by atoms with Gasteiger partial charge in [-0.1, -0.05) is 0 Å². The third-order valence-corrected chi connectivity index (χ3v) is 3.84. The minimum absolute atomic E-state index is 0.398. The van der Waals surface area contributed by atoms with Crippen molar-refractivity contribution in [1.82, 2.24) is 0 Å².